The van der Waals surface area contributed by atoms with E-state index in [0.717, 1.165) is 24.3 Å². The summed E-state index contributed by atoms with van der Waals surface area (Å²) in [6.07, 6.45) is 1.98. The predicted octanol–water partition coefficient (Wildman–Crippen LogP) is 4.15. The van der Waals surface area contributed by atoms with Gasteiger partial charge in [0.1, 0.15) is 24.7 Å². The fraction of sp³-hybridized carbons (Fsp3) is 0.278. The third-order valence-corrected chi connectivity index (χ3v) is 3.74. The van der Waals surface area contributed by atoms with Gasteiger partial charge in [0.05, 0.1) is 0 Å². The summed E-state index contributed by atoms with van der Waals surface area (Å²) in [6, 6.07) is 14.6. The first-order valence-corrected chi connectivity index (χ1v) is 8.00. The van der Waals surface area contributed by atoms with Crippen LogP contribution in [0.15, 0.2) is 48.5 Å². The topological polar surface area (TPSA) is 47.6 Å². The molecule has 2 aromatic carbocycles. The van der Waals surface area contributed by atoms with Crippen LogP contribution >= 0.6 is 11.6 Å². The van der Waals surface area contributed by atoms with E-state index in [2.05, 4.69) is 5.32 Å². The Kier molecular flexibility index (Phi) is 5.03. The van der Waals surface area contributed by atoms with Crippen LogP contribution in [0.5, 0.6) is 11.5 Å². The van der Waals surface area contributed by atoms with Gasteiger partial charge in [-0.15, -0.1) is 0 Å². The van der Waals surface area contributed by atoms with Crippen LogP contribution in [-0.2, 0) is 4.79 Å². The molecular formula is C18H18ClNO3. The maximum Gasteiger partial charge on any atom is 0.227 e. The van der Waals surface area contributed by atoms with E-state index in [1.54, 1.807) is 12.1 Å². The Morgan fingerprint density at radius 2 is 1.74 bits per heavy atom. The van der Waals surface area contributed by atoms with Crippen LogP contribution in [0.1, 0.15) is 12.8 Å². The molecular weight excluding hydrogens is 314 g/mol. The first-order chi connectivity index (χ1) is 11.2. The second-order valence-corrected chi connectivity index (χ2v) is 5.88. The van der Waals surface area contributed by atoms with Crippen molar-refractivity contribution < 1.29 is 14.3 Å². The molecule has 1 N–H and O–H groups in total. The van der Waals surface area contributed by atoms with Crippen LogP contribution < -0.4 is 14.8 Å². The third-order valence-electron chi connectivity index (χ3n) is 3.48. The molecule has 4 nitrogen and oxygen atoms in total. The largest absolute Gasteiger partial charge is 0.490 e. The van der Waals surface area contributed by atoms with Crippen LogP contribution in [0.2, 0.25) is 5.02 Å². The van der Waals surface area contributed by atoms with E-state index in [9.17, 15) is 4.79 Å². The van der Waals surface area contributed by atoms with Gasteiger partial charge < -0.3 is 14.8 Å². The first-order valence-electron chi connectivity index (χ1n) is 7.63. The van der Waals surface area contributed by atoms with Crippen LogP contribution in [0.25, 0.3) is 0 Å². The van der Waals surface area contributed by atoms with Crippen molar-refractivity contribution in [3.05, 3.63) is 53.6 Å². The third kappa shape index (κ3) is 4.89. The smallest absolute Gasteiger partial charge is 0.227 e. The van der Waals surface area contributed by atoms with E-state index in [-0.39, 0.29) is 11.8 Å². The van der Waals surface area contributed by atoms with Crippen LogP contribution in [0.4, 0.5) is 5.69 Å². The molecule has 0 radical (unpaired) electrons. The van der Waals surface area contributed by atoms with Gasteiger partial charge in [0.25, 0.3) is 0 Å². The Hall–Kier alpha value is -2.20. The molecule has 0 aromatic heterocycles. The minimum Gasteiger partial charge on any atom is -0.490 e. The molecule has 0 unspecified atom stereocenters. The van der Waals surface area contributed by atoms with E-state index in [1.807, 2.05) is 36.4 Å². The summed E-state index contributed by atoms with van der Waals surface area (Å²) in [5.74, 6) is 1.74. The van der Waals surface area contributed by atoms with Gasteiger partial charge in [0, 0.05) is 22.7 Å². The molecule has 0 heterocycles. The van der Waals surface area contributed by atoms with Crippen LogP contribution in [0, 0.1) is 5.92 Å². The lowest BCUT2D eigenvalue weighted by Crippen LogP contribution is -2.13. The second kappa shape index (κ2) is 7.38. The van der Waals surface area contributed by atoms with Crippen LogP contribution in [-0.4, -0.2) is 19.1 Å². The van der Waals surface area contributed by atoms with Gasteiger partial charge in [0.2, 0.25) is 5.91 Å². The van der Waals surface area contributed by atoms with Crippen molar-refractivity contribution in [1.82, 2.24) is 0 Å². The molecule has 23 heavy (non-hydrogen) atoms. The quantitative estimate of drug-likeness (QED) is 0.775. The zero-order valence-corrected chi connectivity index (χ0v) is 13.4. The minimum atomic E-state index is 0.0909. The Labute approximate surface area is 140 Å². The van der Waals surface area contributed by atoms with Gasteiger partial charge in [-0.25, -0.2) is 0 Å². The molecule has 0 spiro atoms. The van der Waals surface area contributed by atoms with Crippen molar-refractivity contribution in [2.24, 2.45) is 5.92 Å². The lowest BCUT2D eigenvalue weighted by Gasteiger charge is -2.10. The maximum atomic E-state index is 11.7. The number of hydrogen-bond donors (Lipinski definition) is 1. The summed E-state index contributed by atoms with van der Waals surface area (Å²) in [7, 11) is 0. The van der Waals surface area contributed by atoms with Gasteiger partial charge >= 0.3 is 0 Å². The van der Waals surface area contributed by atoms with Crippen molar-refractivity contribution in [3.63, 3.8) is 0 Å². The van der Waals surface area contributed by atoms with E-state index < -0.39 is 0 Å². The Bertz CT molecular complexity index is 668. The van der Waals surface area contributed by atoms with Crippen LogP contribution in [0.3, 0.4) is 0 Å². The number of nitrogens with one attached hydrogen (secondary N) is 1. The lowest BCUT2D eigenvalue weighted by molar-refractivity contribution is -0.117. The van der Waals surface area contributed by atoms with Crippen molar-refractivity contribution in [1.29, 1.82) is 0 Å². The molecule has 120 valence electrons. The van der Waals surface area contributed by atoms with Gasteiger partial charge in [-0.3, -0.25) is 4.79 Å². The zero-order chi connectivity index (χ0) is 16.1. The number of rotatable bonds is 7. The molecule has 2 aromatic rings. The SMILES string of the molecule is O=C(Nc1cccc(OCCOc2ccc(Cl)cc2)c1)C1CC1. The average molecular weight is 332 g/mol. The highest BCUT2D eigenvalue weighted by Crippen LogP contribution is 2.30. The summed E-state index contributed by atoms with van der Waals surface area (Å²) < 4.78 is 11.2. The summed E-state index contributed by atoms with van der Waals surface area (Å²) in [5, 5.41) is 3.58. The molecule has 1 amide bonds. The summed E-state index contributed by atoms with van der Waals surface area (Å²) in [4.78, 5) is 11.7. The van der Waals surface area contributed by atoms with Crippen molar-refractivity contribution in [2.75, 3.05) is 18.5 Å². The summed E-state index contributed by atoms with van der Waals surface area (Å²) in [6.45, 7) is 0.850. The maximum absolute atomic E-state index is 11.7. The highest BCUT2D eigenvalue weighted by molar-refractivity contribution is 6.30. The molecule has 0 atom stereocenters. The highest BCUT2D eigenvalue weighted by Gasteiger charge is 2.29. The molecule has 3 rings (SSSR count). The van der Waals surface area contributed by atoms with E-state index in [4.69, 9.17) is 21.1 Å². The number of amides is 1. The predicted molar refractivity (Wildman–Crippen MR) is 90.2 cm³/mol. The van der Waals surface area contributed by atoms with Gasteiger partial charge in [-0.2, -0.15) is 0 Å². The normalized spacial score (nSPS) is 13.4. The van der Waals surface area contributed by atoms with Crippen molar-refractivity contribution in [2.45, 2.75) is 12.8 Å². The molecule has 0 bridgehead atoms. The monoisotopic (exact) mass is 331 g/mol. The lowest BCUT2D eigenvalue weighted by atomic mass is 10.3. The minimum absolute atomic E-state index is 0.0909. The highest BCUT2D eigenvalue weighted by atomic mass is 35.5. The Morgan fingerprint density at radius 1 is 1.04 bits per heavy atom. The average Bonchev–Trinajstić information content (AvgIpc) is 3.39. The molecule has 0 saturated heterocycles. The summed E-state index contributed by atoms with van der Waals surface area (Å²) >= 11 is 5.82. The van der Waals surface area contributed by atoms with Crippen molar-refractivity contribution >= 4 is 23.2 Å². The van der Waals surface area contributed by atoms with E-state index >= 15 is 0 Å². The fourth-order valence-electron chi connectivity index (χ4n) is 2.10. The molecule has 1 aliphatic carbocycles. The summed E-state index contributed by atoms with van der Waals surface area (Å²) in [5.41, 5.74) is 0.762. The molecule has 5 heteroatoms. The number of hydrogen-bond acceptors (Lipinski definition) is 3. The number of ether oxygens (including phenoxy) is 2. The zero-order valence-electron chi connectivity index (χ0n) is 12.6. The number of halogens is 1. The fourth-order valence-corrected chi connectivity index (χ4v) is 2.23. The standard InChI is InChI=1S/C18H18ClNO3/c19-14-6-8-16(9-7-14)22-10-11-23-17-3-1-2-15(12-17)20-18(21)13-4-5-13/h1-3,6-9,12-13H,4-5,10-11H2,(H,20,21). The van der Waals surface area contributed by atoms with Gasteiger partial charge in [-0.1, -0.05) is 17.7 Å². The van der Waals surface area contributed by atoms with Gasteiger partial charge in [0.15, 0.2) is 0 Å². The van der Waals surface area contributed by atoms with E-state index in [1.165, 1.54) is 0 Å². The molecule has 1 saturated carbocycles. The number of carbonyl (C=O) groups excluding carboxylic acids is 1. The number of anilines is 1. The van der Waals surface area contributed by atoms with E-state index in [0.29, 0.717) is 24.0 Å². The number of benzene rings is 2. The Morgan fingerprint density at radius 3 is 2.43 bits per heavy atom. The molecule has 1 fully saturated rings. The van der Waals surface area contributed by atoms with Gasteiger partial charge in [-0.05, 0) is 49.2 Å². The van der Waals surface area contributed by atoms with Crippen molar-refractivity contribution in [3.8, 4) is 11.5 Å². The molecule has 0 aliphatic heterocycles. The molecule has 1 aliphatic rings. The Balaban J connectivity index is 1.44. The second-order valence-electron chi connectivity index (χ2n) is 5.44. The first kappa shape index (κ1) is 15.7. The number of carbonyl (C=O) groups is 1.